The lowest BCUT2D eigenvalue weighted by atomic mass is 9.92. The topological polar surface area (TPSA) is 133 Å². The summed E-state index contributed by atoms with van der Waals surface area (Å²) < 4.78 is 47.8. The zero-order valence-corrected chi connectivity index (χ0v) is 24.7. The van der Waals surface area contributed by atoms with Gasteiger partial charge in [-0.2, -0.15) is 13.2 Å². The number of ketones is 1. The molecule has 3 atom stereocenters. The molecule has 3 N–H and O–H groups in total. The van der Waals surface area contributed by atoms with Crippen molar-refractivity contribution in [2.45, 2.75) is 71.7 Å². The van der Waals surface area contributed by atoms with Crippen LogP contribution in [0.2, 0.25) is 0 Å². The molecule has 2 aliphatic rings. The standard InChI is InChI=1S/C30H35F3N6O4/c1-16(38-42)21-12-29(21,5)25(40)17-8-9-19-20(13-34-23(19)11-17)24-22(30(31,32)33)14-35-26(37-24)36-18-7-6-10-39(15-18)27(41)43-28(2,3)4/h8-9,11,13-14,18,21,34,42H,6-7,10,12,15H2,1-5H3,(H,35,36,37)/b38-16-/t18-,21?,29?/m0/s1. The van der Waals surface area contributed by atoms with E-state index < -0.39 is 28.8 Å². The van der Waals surface area contributed by atoms with Gasteiger partial charge in [0.15, 0.2) is 5.78 Å². The minimum Gasteiger partial charge on any atom is -0.444 e. The third-order valence-corrected chi connectivity index (χ3v) is 8.12. The number of aromatic nitrogens is 3. The summed E-state index contributed by atoms with van der Waals surface area (Å²) in [5, 5.41) is 15.9. The number of oxime groups is 1. The maximum absolute atomic E-state index is 14.1. The number of halogens is 3. The number of carbonyl (C=O) groups excluding carboxylic acids is 2. The van der Waals surface area contributed by atoms with Crippen molar-refractivity contribution in [1.82, 2.24) is 19.9 Å². The summed E-state index contributed by atoms with van der Waals surface area (Å²) in [4.78, 5) is 38.7. The number of likely N-dealkylation sites (tertiary alicyclic amines) is 1. The number of rotatable bonds is 6. The number of nitrogens with zero attached hydrogens (tertiary/aromatic N) is 4. The van der Waals surface area contributed by atoms with Crippen LogP contribution in [0.15, 0.2) is 35.7 Å². The smallest absolute Gasteiger partial charge is 0.419 e. The number of alkyl halides is 3. The van der Waals surface area contributed by atoms with E-state index in [0.717, 1.165) is 6.20 Å². The maximum Gasteiger partial charge on any atom is 0.419 e. The molecule has 3 aromatic rings. The molecule has 10 nitrogen and oxygen atoms in total. The summed E-state index contributed by atoms with van der Waals surface area (Å²) >= 11 is 0. The fourth-order valence-corrected chi connectivity index (χ4v) is 5.72. The minimum atomic E-state index is -4.71. The van der Waals surface area contributed by atoms with Gasteiger partial charge >= 0.3 is 12.3 Å². The van der Waals surface area contributed by atoms with Gasteiger partial charge in [-0.1, -0.05) is 24.2 Å². The summed E-state index contributed by atoms with van der Waals surface area (Å²) in [5.41, 5.74) is -1.07. The van der Waals surface area contributed by atoms with Crippen molar-refractivity contribution in [3.05, 3.63) is 41.7 Å². The number of fused-ring (bicyclic) bond motifs is 1. The van der Waals surface area contributed by atoms with Crippen LogP contribution in [0.25, 0.3) is 22.2 Å². The molecule has 2 fully saturated rings. The third kappa shape index (κ3) is 6.16. The number of aromatic amines is 1. The minimum absolute atomic E-state index is 0.00815. The van der Waals surface area contributed by atoms with Crippen LogP contribution in [-0.2, 0) is 10.9 Å². The molecule has 1 aromatic carbocycles. The summed E-state index contributed by atoms with van der Waals surface area (Å²) in [6.07, 6.45) is -1.06. The molecule has 2 aromatic heterocycles. The van der Waals surface area contributed by atoms with E-state index in [1.807, 2.05) is 6.92 Å². The monoisotopic (exact) mass is 600 g/mol. The highest BCUT2D eigenvalue weighted by Gasteiger charge is 2.57. The average molecular weight is 601 g/mol. The average Bonchev–Trinajstić information content (AvgIpc) is 3.46. The SMILES string of the molecule is C/C(=N/O)C1CC1(C)C(=O)c1ccc2c(-c3nc(N[C@H]4CCCN(C(=O)OC(C)(C)C)C4)ncc3C(F)(F)F)c[nH]c2c1. The Kier molecular flexibility index (Phi) is 7.64. The van der Waals surface area contributed by atoms with Gasteiger partial charge in [0.25, 0.3) is 0 Å². The highest BCUT2D eigenvalue weighted by atomic mass is 19.4. The van der Waals surface area contributed by atoms with Gasteiger partial charge in [0, 0.05) is 64.9 Å². The Hall–Kier alpha value is -4.16. The molecule has 1 saturated carbocycles. The second kappa shape index (κ2) is 10.8. The number of piperidine rings is 1. The Bertz CT molecular complexity index is 1590. The second-order valence-corrected chi connectivity index (χ2v) is 12.6. The fourth-order valence-electron chi connectivity index (χ4n) is 5.72. The largest absolute Gasteiger partial charge is 0.444 e. The number of Topliss-reactive ketones (excluding diaryl/α,β-unsaturated/α-hetero) is 1. The van der Waals surface area contributed by atoms with Crippen molar-refractivity contribution in [2.75, 3.05) is 18.4 Å². The lowest BCUT2D eigenvalue weighted by Crippen LogP contribution is -2.47. The summed E-state index contributed by atoms with van der Waals surface area (Å²) in [5.74, 6) is -0.286. The van der Waals surface area contributed by atoms with Crippen LogP contribution < -0.4 is 5.32 Å². The fraction of sp³-hybridized carbons (Fsp3) is 0.500. The van der Waals surface area contributed by atoms with Gasteiger partial charge in [-0.3, -0.25) is 4.79 Å². The number of hydrogen-bond acceptors (Lipinski definition) is 8. The molecule has 0 bridgehead atoms. The number of anilines is 1. The Morgan fingerprint density at radius 2 is 2.00 bits per heavy atom. The number of ether oxygens (including phenoxy) is 1. The second-order valence-electron chi connectivity index (χ2n) is 12.6. The Labute approximate surface area is 246 Å². The van der Waals surface area contributed by atoms with Crippen LogP contribution in [0.3, 0.4) is 0 Å². The van der Waals surface area contributed by atoms with Gasteiger partial charge in [0.05, 0.1) is 11.4 Å². The first-order chi connectivity index (χ1) is 20.1. The van der Waals surface area contributed by atoms with E-state index in [-0.39, 0.29) is 34.9 Å². The van der Waals surface area contributed by atoms with Gasteiger partial charge < -0.3 is 25.1 Å². The Morgan fingerprint density at radius 3 is 2.67 bits per heavy atom. The first-order valence-electron chi connectivity index (χ1n) is 14.1. The number of benzene rings is 1. The van der Waals surface area contributed by atoms with Crippen molar-refractivity contribution in [3.63, 3.8) is 0 Å². The van der Waals surface area contributed by atoms with Crippen molar-refractivity contribution in [1.29, 1.82) is 0 Å². The van der Waals surface area contributed by atoms with Crippen LogP contribution in [0.1, 0.15) is 69.8 Å². The molecule has 1 amide bonds. The molecule has 1 aliphatic carbocycles. The van der Waals surface area contributed by atoms with E-state index in [1.54, 1.807) is 50.8 Å². The highest BCUT2D eigenvalue weighted by molar-refractivity contribution is 6.09. The van der Waals surface area contributed by atoms with E-state index in [4.69, 9.17) is 9.94 Å². The number of hydrogen-bond donors (Lipinski definition) is 3. The predicted molar refractivity (Wildman–Crippen MR) is 154 cm³/mol. The van der Waals surface area contributed by atoms with Gasteiger partial charge in [-0.05, 0) is 53.0 Å². The van der Waals surface area contributed by atoms with Gasteiger partial charge in [0.1, 0.15) is 11.2 Å². The van der Waals surface area contributed by atoms with Gasteiger partial charge in [0.2, 0.25) is 5.95 Å². The van der Waals surface area contributed by atoms with E-state index in [9.17, 15) is 22.8 Å². The molecule has 230 valence electrons. The molecule has 5 rings (SSSR count). The summed E-state index contributed by atoms with van der Waals surface area (Å²) in [7, 11) is 0. The maximum atomic E-state index is 14.1. The molecule has 0 spiro atoms. The van der Waals surface area contributed by atoms with Crippen molar-refractivity contribution < 1.29 is 32.7 Å². The van der Waals surface area contributed by atoms with Crippen molar-refractivity contribution in [2.24, 2.45) is 16.5 Å². The number of nitrogens with one attached hydrogen (secondary N) is 2. The first-order valence-corrected chi connectivity index (χ1v) is 14.1. The zero-order chi connectivity index (χ0) is 31.3. The van der Waals surface area contributed by atoms with Crippen molar-refractivity contribution in [3.8, 4) is 11.3 Å². The summed E-state index contributed by atoms with van der Waals surface area (Å²) in [6.45, 7) is 9.63. The van der Waals surface area contributed by atoms with Gasteiger partial charge in [-0.25, -0.2) is 14.8 Å². The third-order valence-electron chi connectivity index (χ3n) is 8.12. The van der Waals surface area contributed by atoms with Crippen molar-refractivity contribution >= 4 is 34.4 Å². The molecule has 1 saturated heterocycles. The van der Waals surface area contributed by atoms with Crippen LogP contribution in [0.4, 0.5) is 23.9 Å². The molecule has 1 aliphatic heterocycles. The first kappa shape index (κ1) is 30.3. The molecule has 43 heavy (non-hydrogen) atoms. The summed E-state index contributed by atoms with van der Waals surface area (Å²) in [6, 6.07) is 4.54. The molecule has 3 heterocycles. The number of carbonyl (C=O) groups is 2. The van der Waals surface area contributed by atoms with E-state index in [1.165, 1.54) is 6.20 Å². The van der Waals surface area contributed by atoms with E-state index >= 15 is 0 Å². The van der Waals surface area contributed by atoms with Crippen LogP contribution in [0, 0.1) is 11.3 Å². The van der Waals surface area contributed by atoms with Crippen LogP contribution in [-0.4, -0.2) is 67.4 Å². The van der Waals surface area contributed by atoms with Gasteiger partial charge in [-0.15, -0.1) is 0 Å². The highest BCUT2D eigenvalue weighted by Crippen LogP contribution is 2.55. The Balaban J connectivity index is 1.42. The van der Waals surface area contributed by atoms with E-state index in [2.05, 4.69) is 25.4 Å². The van der Waals surface area contributed by atoms with Crippen LogP contribution in [0.5, 0.6) is 0 Å². The molecule has 13 heteroatoms. The predicted octanol–water partition coefficient (Wildman–Crippen LogP) is 6.51. The zero-order valence-electron chi connectivity index (χ0n) is 24.7. The van der Waals surface area contributed by atoms with Crippen LogP contribution >= 0.6 is 0 Å². The number of H-pyrrole nitrogens is 1. The Morgan fingerprint density at radius 1 is 1.26 bits per heavy atom. The normalized spacial score (nSPS) is 22.9. The molecular weight excluding hydrogens is 565 g/mol. The lowest BCUT2D eigenvalue weighted by Gasteiger charge is -2.34. The molecular formula is C30H35F3N6O4. The van der Waals surface area contributed by atoms with E-state index in [0.29, 0.717) is 54.5 Å². The molecule has 2 unspecified atom stereocenters. The molecule has 0 radical (unpaired) electrons. The number of amides is 1. The lowest BCUT2D eigenvalue weighted by molar-refractivity contribution is -0.137. The quantitative estimate of drug-likeness (QED) is 0.127.